The van der Waals surface area contributed by atoms with Crippen LogP contribution in [0.25, 0.3) is 0 Å². The summed E-state index contributed by atoms with van der Waals surface area (Å²) < 4.78 is 0. The molecule has 0 aliphatic rings. The molecule has 0 amide bonds. The summed E-state index contributed by atoms with van der Waals surface area (Å²) in [6.45, 7) is 5.19. The minimum absolute atomic E-state index is 0. The van der Waals surface area contributed by atoms with Crippen molar-refractivity contribution in [3.63, 3.8) is 0 Å². The molecule has 0 aliphatic carbocycles. The lowest BCUT2D eigenvalue weighted by molar-refractivity contribution is 0.0323. The summed E-state index contributed by atoms with van der Waals surface area (Å²) >= 11 is 5.93. The standard InChI is InChI=1S/C12H19ClN2O.ClH/c1-3-12(16,4-2)9-14-8-10-6-5-7-15-11(10)13;/h5-7,14,16H,3-4,8-9H2,1-2H3;1H. The molecule has 98 valence electrons. The number of rotatable bonds is 6. The molecular weight excluding hydrogens is 259 g/mol. The van der Waals surface area contributed by atoms with Crippen molar-refractivity contribution >= 4 is 24.0 Å². The fourth-order valence-electron chi connectivity index (χ4n) is 1.48. The molecule has 5 heteroatoms. The van der Waals surface area contributed by atoms with Gasteiger partial charge in [-0.2, -0.15) is 0 Å². The molecule has 0 saturated carbocycles. The van der Waals surface area contributed by atoms with E-state index in [4.69, 9.17) is 11.6 Å². The average molecular weight is 279 g/mol. The predicted molar refractivity (Wildman–Crippen MR) is 73.7 cm³/mol. The van der Waals surface area contributed by atoms with E-state index in [1.807, 2.05) is 26.0 Å². The second-order valence-corrected chi connectivity index (χ2v) is 4.35. The molecule has 0 fully saturated rings. The van der Waals surface area contributed by atoms with Crippen LogP contribution >= 0.6 is 24.0 Å². The van der Waals surface area contributed by atoms with Crippen LogP contribution in [0, 0.1) is 0 Å². The van der Waals surface area contributed by atoms with Gasteiger partial charge in [-0.25, -0.2) is 4.98 Å². The van der Waals surface area contributed by atoms with E-state index in [0.717, 1.165) is 18.4 Å². The molecule has 17 heavy (non-hydrogen) atoms. The van der Waals surface area contributed by atoms with Crippen LogP contribution in [0.5, 0.6) is 0 Å². The monoisotopic (exact) mass is 278 g/mol. The van der Waals surface area contributed by atoms with Crippen LogP contribution in [0.3, 0.4) is 0 Å². The van der Waals surface area contributed by atoms with Gasteiger partial charge >= 0.3 is 0 Å². The molecule has 1 aromatic rings. The van der Waals surface area contributed by atoms with Crippen molar-refractivity contribution in [3.8, 4) is 0 Å². The number of aliphatic hydroxyl groups is 1. The van der Waals surface area contributed by atoms with Crippen LogP contribution in [-0.2, 0) is 6.54 Å². The van der Waals surface area contributed by atoms with Gasteiger partial charge in [-0.1, -0.05) is 31.5 Å². The van der Waals surface area contributed by atoms with Crippen LogP contribution in [0.2, 0.25) is 5.15 Å². The van der Waals surface area contributed by atoms with Gasteiger partial charge in [0.25, 0.3) is 0 Å². The van der Waals surface area contributed by atoms with Crippen LogP contribution in [0.4, 0.5) is 0 Å². The van der Waals surface area contributed by atoms with Crippen molar-refractivity contribution in [3.05, 3.63) is 29.0 Å². The smallest absolute Gasteiger partial charge is 0.133 e. The number of halogens is 2. The van der Waals surface area contributed by atoms with Crippen molar-refractivity contribution in [2.45, 2.75) is 38.8 Å². The summed E-state index contributed by atoms with van der Waals surface area (Å²) in [6, 6.07) is 3.79. The van der Waals surface area contributed by atoms with E-state index in [1.165, 1.54) is 0 Å². The molecule has 2 N–H and O–H groups in total. The van der Waals surface area contributed by atoms with Crippen molar-refractivity contribution in [1.29, 1.82) is 0 Å². The van der Waals surface area contributed by atoms with Crippen LogP contribution in [0.1, 0.15) is 32.3 Å². The first-order valence-electron chi connectivity index (χ1n) is 5.64. The summed E-state index contributed by atoms with van der Waals surface area (Å²) in [7, 11) is 0. The highest BCUT2D eigenvalue weighted by Crippen LogP contribution is 2.14. The fourth-order valence-corrected chi connectivity index (χ4v) is 1.67. The Morgan fingerprint density at radius 1 is 1.41 bits per heavy atom. The summed E-state index contributed by atoms with van der Waals surface area (Å²) in [5, 5.41) is 13.8. The Bertz CT molecular complexity index is 330. The van der Waals surface area contributed by atoms with Gasteiger partial charge in [0.2, 0.25) is 0 Å². The summed E-state index contributed by atoms with van der Waals surface area (Å²) in [5.74, 6) is 0. The van der Waals surface area contributed by atoms with E-state index >= 15 is 0 Å². The van der Waals surface area contributed by atoms with Crippen molar-refractivity contribution in [2.24, 2.45) is 0 Å². The maximum Gasteiger partial charge on any atom is 0.133 e. The molecule has 1 aromatic heterocycles. The molecule has 3 nitrogen and oxygen atoms in total. The van der Waals surface area contributed by atoms with E-state index in [9.17, 15) is 5.11 Å². The molecule has 0 radical (unpaired) electrons. The Morgan fingerprint density at radius 2 is 2.06 bits per heavy atom. The molecule has 0 bridgehead atoms. The van der Waals surface area contributed by atoms with E-state index < -0.39 is 5.60 Å². The molecule has 0 unspecified atom stereocenters. The molecule has 0 aliphatic heterocycles. The highest BCUT2D eigenvalue weighted by atomic mass is 35.5. The Hall–Kier alpha value is -0.350. The predicted octanol–water partition coefficient (Wildman–Crippen LogP) is 2.80. The topological polar surface area (TPSA) is 45.1 Å². The summed E-state index contributed by atoms with van der Waals surface area (Å²) in [5.41, 5.74) is 0.341. The number of pyridine rings is 1. The third-order valence-corrected chi connectivity index (χ3v) is 3.26. The first kappa shape index (κ1) is 16.6. The zero-order valence-electron chi connectivity index (χ0n) is 10.2. The number of nitrogens with one attached hydrogen (secondary N) is 1. The van der Waals surface area contributed by atoms with Gasteiger partial charge in [-0.05, 0) is 18.9 Å². The van der Waals surface area contributed by atoms with Gasteiger partial charge in [0.05, 0.1) is 5.60 Å². The number of hydrogen-bond donors (Lipinski definition) is 2. The van der Waals surface area contributed by atoms with Gasteiger partial charge in [-0.3, -0.25) is 0 Å². The quantitative estimate of drug-likeness (QED) is 0.787. The number of aromatic nitrogens is 1. The van der Waals surface area contributed by atoms with Crippen LogP contribution in [-0.4, -0.2) is 22.2 Å². The highest BCUT2D eigenvalue weighted by molar-refractivity contribution is 6.30. The Morgan fingerprint density at radius 3 is 2.59 bits per heavy atom. The van der Waals surface area contributed by atoms with E-state index in [1.54, 1.807) is 6.20 Å². The minimum atomic E-state index is -0.616. The zero-order valence-corrected chi connectivity index (χ0v) is 11.8. The van der Waals surface area contributed by atoms with E-state index in [2.05, 4.69) is 10.3 Å². The molecule has 0 spiro atoms. The van der Waals surface area contributed by atoms with Gasteiger partial charge in [-0.15, -0.1) is 12.4 Å². The zero-order chi connectivity index (χ0) is 12.0. The minimum Gasteiger partial charge on any atom is -0.389 e. The van der Waals surface area contributed by atoms with Crippen molar-refractivity contribution < 1.29 is 5.11 Å². The molecule has 0 aromatic carbocycles. The lowest BCUT2D eigenvalue weighted by Crippen LogP contribution is -2.39. The second kappa shape index (κ2) is 7.88. The van der Waals surface area contributed by atoms with Crippen LogP contribution in [0.15, 0.2) is 18.3 Å². The number of hydrogen-bond acceptors (Lipinski definition) is 3. The highest BCUT2D eigenvalue weighted by Gasteiger charge is 2.21. The number of nitrogens with zero attached hydrogens (tertiary/aromatic N) is 1. The summed E-state index contributed by atoms with van der Waals surface area (Å²) in [6.07, 6.45) is 3.16. The lowest BCUT2D eigenvalue weighted by atomic mass is 9.97. The van der Waals surface area contributed by atoms with Crippen molar-refractivity contribution in [2.75, 3.05) is 6.54 Å². The van der Waals surface area contributed by atoms with Crippen molar-refractivity contribution in [1.82, 2.24) is 10.3 Å². The lowest BCUT2D eigenvalue weighted by Gasteiger charge is -2.25. The van der Waals surface area contributed by atoms with E-state index in [-0.39, 0.29) is 12.4 Å². The van der Waals surface area contributed by atoms with Gasteiger partial charge in [0.1, 0.15) is 5.15 Å². The largest absolute Gasteiger partial charge is 0.389 e. The molecule has 1 heterocycles. The van der Waals surface area contributed by atoms with Crippen LogP contribution < -0.4 is 5.32 Å². The maximum absolute atomic E-state index is 10.1. The third kappa shape index (κ3) is 5.21. The average Bonchev–Trinajstić information content (AvgIpc) is 2.31. The first-order chi connectivity index (χ1) is 7.61. The van der Waals surface area contributed by atoms with Gasteiger partial charge in [0, 0.05) is 24.8 Å². The van der Waals surface area contributed by atoms with E-state index in [0.29, 0.717) is 18.2 Å². The third-order valence-electron chi connectivity index (χ3n) is 2.92. The SMILES string of the molecule is CCC(O)(CC)CNCc1cccnc1Cl.Cl. The first-order valence-corrected chi connectivity index (χ1v) is 6.01. The summed E-state index contributed by atoms with van der Waals surface area (Å²) in [4.78, 5) is 4.00. The fraction of sp³-hybridized carbons (Fsp3) is 0.583. The normalized spacial score (nSPS) is 11.1. The molecular formula is C12H20Cl2N2O. The van der Waals surface area contributed by atoms with Gasteiger partial charge < -0.3 is 10.4 Å². The maximum atomic E-state index is 10.1. The Balaban J connectivity index is 0.00000256. The molecule has 0 atom stereocenters. The Kier molecular flexibility index (Phi) is 7.71. The Labute approximate surface area is 114 Å². The molecule has 0 saturated heterocycles. The van der Waals surface area contributed by atoms with Gasteiger partial charge in [0.15, 0.2) is 0 Å². The molecule has 1 rings (SSSR count). The second-order valence-electron chi connectivity index (χ2n) is 3.99.